The third kappa shape index (κ3) is 2.30. The number of unbranched alkanes of at least 4 members (excludes halogenated alkanes) is 1. The van der Waals surface area contributed by atoms with Gasteiger partial charge in [-0.3, -0.25) is 4.79 Å². The van der Waals surface area contributed by atoms with E-state index >= 15 is 0 Å². The number of carbonyl (C=O) groups is 1. The molecular weight excluding hydrogens is 218 g/mol. The fraction of sp³-hybridized carbons (Fsp3) is 0.846. The van der Waals surface area contributed by atoms with Crippen molar-refractivity contribution in [2.75, 3.05) is 0 Å². The molecule has 0 radical (unpaired) electrons. The summed E-state index contributed by atoms with van der Waals surface area (Å²) in [5, 5.41) is 19.8. The number of hydrogen-bond donors (Lipinski definition) is 1. The van der Waals surface area contributed by atoms with Gasteiger partial charge in [-0.15, -0.1) is 0 Å². The normalized spacial score (nSPS) is 36.1. The Labute approximate surface area is 103 Å². The topological polar surface area (TPSA) is 70.3 Å². The summed E-state index contributed by atoms with van der Waals surface area (Å²) in [5.41, 5.74) is -3.47. The monoisotopic (exact) mass is 239 g/mol. The summed E-state index contributed by atoms with van der Waals surface area (Å²) in [6.07, 6.45) is 2.22. The predicted molar refractivity (Wildman–Crippen MR) is 63.0 cm³/mol. The summed E-state index contributed by atoms with van der Waals surface area (Å²) in [5.74, 6) is -0.588. The molecule has 0 spiro atoms. The number of aliphatic hydroxyl groups is 1. The van der Waals surface area contributed by atoms with E-state index in [0.29, 0.717) is 6.42 Å². The Kier molecular flexibility index (Phi) is 3.54. The number of nitrogens with zero attached hydrogens (tertiary/aromatic N) is 1. The van der Waals surface area contributed by atoms with Crippen molar-refractivity contribution in [2.45, 2.75) is 64.6 Å². The molecule has 1 aliphatic rings. The zero-order valence-electron chi connectivity index (χ0n) is 11.0. The van der Waals surface area contributed by atoms with E-state index in [9.17, 15) is 15.2 Å². The largest absolute Gasteiger partial charge is 0.458 e. The van der Waals surface area contributed by atoms with E-state index in [-0.39, 0.29) is 6.42 Å². The van der Waals surface area contributed by atoms with Gasteiger partial charge in [0.25, 0.3) is 0 Å². The zero-order valence-corrected chi connectivity index (χ0v) is 11.0. The molecule has 2 unspecified atom stereocenters. The van der Waals surface area contributed by atoms with Gasteiger partial charge in [-0.2, -0.15) is 5.26 Å². The van der Waals surface area contributed by atoms with Crippen LogP contribution in [0.1, 0.15) is 53.4 Å². The molecule has 4 heteroatoms. The van der Waals surface area contributed by atoms with Gasteiger partial charge >= 0.3 is 5.97 Å². The molecule has 1 saturated heterocycles. The molecule has 17 heavy (non-hydrogen) atoms. The minimum Gasteiger partial charge on any atom is -0.458 e. The summed E-state index contributed by atoms with van der Waals surface area (Å²) in [6, 6.07) is 2.01. The van der Waals surface area contributed by atoms with Crippen LogP contribution in [0.4, 0.5) is 0 Å². The Morgan fingerprint density at radius 3 is 2.47 bits per heavy atom. The maximum atomic E-state index is 12.1. The van der Waals surface area contributed by atoms with Crippen LogP contribution in [0.2, 0.25) is 0 Å². The van der Waals surface area contributed by atoms with Crippen LogP contribution in [-0.2, 0) is 9.53 Å². The molecule has 0 bridgehead atoms. The van der Waals surface area contributed by atoms with Gasteiger partial charge in [-0.05, 0) is 27.2 Å². The zero-order chi connectivity index (χ0) is 13.3. The maximum absolute atomic E-state index is 12.1. The number of esters is 1. The molecule has 1 N–H and O–H groups in total. The summed E-state index contributed by atoms with van der Waals surface area (Å²) in [6.45, 7) is 7.05. The van der Waals surface area contributed by atoms with Crippen molar-refractivity contribution in [3.8, 4) is 6.07 Å². The van der Waals surface area contributed by atoms with Gasteiger partial charge in [0.2, 0.25) is 0 Å². The first kappa shape index (κ1) is 14.0. The standard InChI is InChI=1S/C13H21NO3/c1-5-6-7-13(9-14)10(15)17-11(2,3)8-12(13,4)16/h16H,5-8H2,1-4H3. The van der Waals surface area contributed by atoms with Crippen molar-refractivity contribution in [2.24, 2.45) is 5.41 Å². The highest BCUT2D eigenvalue weighted by molar-refractivity contribution is 5.83. The quantitative estimate of drug-likeness (QED) is 0.766. The number of nitriles is 1. The van der Waals surface area contributed by atoms with E-state index in [2.05, 4.69) is 0 Å². The lowest BCUT2D eigenvalue weighted by molar-refractivity contribution is -0.210. The molecule has 1 heterocycles. The highest BCUT2D eigenvalue weighted by Gasteiger charge is 2.61. The third-order valence-corrected chi connectivity index (χ3v) is 3.50. The van der Waals surface area contributed by atoms with Gasteiger partial charge in [0.15, 0.2) is 5.41 Å². The highest BCUT2D eigenvalue weighted by Crippen LogP contribution is 2.47. The molecule has 2 atom stereocenters. The van der Waals surface area contributed by atoms with Gasteiger partial charge in [-0.1, -0.05) is 19.8 Å². The SMILES string of the molecule is CCCCC1(C#N)C(=O)OC(C)(C)CC1(C)O. The number of carbonyl (C=O) groups excluding carboxylic acids is 1. The lowest BCUT2D eigenvalue weighted by Gasteiger charge is -2.48. The number of ether oxygens (including phenoxy) is 1. The van der Waals surface area contributed by atoms with Crippen molar-refractivity contribution in [1.29, 1.82) is 5.26 Å². The Hall–Kier alpha value is -1.08. The van der Waals surface area contributed by atoms with E-state index < -0.39 is 22.6 Å². The van der Waals surface area contributed by atoms with Crippen molar-refractivity contribution in [3.05, 3.63) is 0 Å². The van der Waals surface area contributed by atoms with Gasteiger partial charge in [-0.25, -0.2) is 0 Å². The van der Waals surface area contributed by atoms with E-state index in [1.54, 1.807) is 20.8 Å². The summed E-state index contributed by atoms with van der Waals surface area (Å²) >= 11 is 0. The Balaban J connectivity index is 3.12. The van der Waals surface area contributed by atoms with Gasteiger partial charge in [0.05, 0.1) is 11.7 Å². The number of rotatable bonds is 3. The fourth-order valence-corrected chi connectivity index (χ4v) is 2.61. The molecule has 0 amide bonds. The van der Waals surface area contributed by atoms with E-state index in [4.69, 9.17) is 4.74 Å². The summed E-state index contributed by atoms with van der Waals surface area (Å²) < 4.78 is 5.29. The van der Waals surface area contributed by atoms with Crippen LogP contribution >= 0.6 is 0 Å². The predicted octanol–water partition coefficient (Wildman–Crippen LogP) is 2.16. The first-order valence-corrected chi connectivity index (χ1v) is 6.08. The van der Waals surface area contributed by atoms with E-state index in [1.807, 2.05) is 13.0 Å². The second kappa shape index (κ2) is 4.30. The minimum atomic E-state index is -1.42. The molecule has 96 valence electrons. The summed E-state index contributed by atoms with van der Waals surface area (Å²) in [7, 11) is 0. The van der Waals surface area contributed by atoms with Crippen LogP contribution in [0.3, 0.4) is 0 Å². The number of hydrogen-bond acceptors (Lipinski definition) is 4. The van der Waals surface area contributed by atoms with Gasteiger partial charge < -0.3 is 9.84 Å². The molecular formula is C13H21NO3. The van der Waals surface area contributed by atoms with Crippen molar-refractivity contribution in [3.63, 3.8) is 0 Å². The van der Waals surface area contributed by atoms with Crippen LogP contribution in [0.25, 0.3) is 0 Å². The Morgan fingerprint density at radius 1 is 1.47 bits per heavy atom. The van der Waals surface area contributed by atoms with Crippen molar-refractivity contribution < 1.29 is 14.6 Å². The molecule has 1 rings (SSSR count). The molecule has 0 aromatic rings. The average Bonchev–Trinajstić information content (AvgIpc) is 2.14. The van der Waals surface area contributed by atoms with Gasteiger partial charge in [0.1, 0.15) is 5.60 Å². The first-order valence-electron chi connectivity index (χ1n) is 6.08. The molecule has 0 saturated carbocycles. The van der Waals surface area contributed by atoms with Crippen LogP contribution in [0, 0.1) is 16.7 Å². The van der Waals surface area contributed by atoms with Crippen molar-refractivity contribution >= 4 is 5.97 Å². The molecule has 0 aromatic carbocycles. The summed E-state index contributed by atoms with van der Waals surface area (Å²) in [4.78, 5) is 12.1. The smallest absolute Gasteiger partial charge is 0.330 e. The Morgan fingerprint density at radius 2 is 2.06 bits per heavy atom. The van der Waals surface area contributed by atoms with Crippen LogP contribution < -0.4 is 0 Å². The van der Waals surface area contributed by atoms with Crippen molar-refractivity contribution in [1.82, 2.24) is 0 Å². The second-order valence-corrected chi connectivity index (χ2v) is 5.72. The molecule has 4 nitrogen and oxygen atoms in total. The second-order valence-electron chi connectivity index (χ2n) is 5.72. The first-order chi connectivity index (χ1) is 7.71. The average molecular weight is 239 g/mol. The lowest BCUT2D eigenvalue weighted by atomic mass is 9.64. The van der Waals surface area contributed by atoms with E-state index in [1.165, 1.54) is 0 Å². The Bertz CT molecular complexity index is 354. The molecule has 0 aromatic heterocycles. The molecule has 0 aliphatic carbocycles. The molecule has 1 fully saturated rings. The van der Waals surface area contributed by atoms with Gasteiger partial charge in [0, 0.05) is 6.42 Å². The minimum absolute atomic E-state index is 0.281. The third-order valence-electron chi connectivity index (χ3n) is 3.50. The van der Waals surface area contributed by atoms with E-state index in [0.717, 1.165) is 12.8 Å². The van der Waals surface area contributed by atoms with Crippen LogP contribution in [-0.4, -0.2) is 22.3 Å². The lowest BCUT2D eigenvalue weighted by Crippen LogP contribution is -2.60. The maximum Gasteiger partial charge on any atom is 0.330 e. The van der Waals surface area contributed by atoms with Crippen LogP contribution in [0.5, 0.6) is 0 Å². The number of cyclic esters (lactones) is 1. The molecule has 1 aliphatic heterocycles. The highest BCUT2D eigenvalue weighted by atomic mass is 16.6. The van der Waals surface area contributed by atoms with Crippen LogP contribution in [0.15, 0.2) is 0 Å². The fourth-order valence-electron chi connectivity index (χ4n) is 2.61.